The fourth-order valence-corrected chi connectivity index (χ4v) is 3.37. The van der Waals surface area contributed by atoms with Crippen LogP contribution in [0.15, 0.2) is 91.0 Å². The first kappa shape index (κ1) is 20.2. The van der Waals surface area contributed by atoms with Crippen LogP contribution in [0.4, 0.5) is 5.69 Å². The van der Waals surface area contributed by atoms with E-state index in [0.717, 1.165) is 5.56 Å². The molecule has 0 spiro atoms. The summed E-state index contributed by atoms with van der Waals surface area (Å²) in [5, 5.41) is 5.27. The smallest absolute Gasteiger partial charge is 0.252 e. The van der Waals surface area contributed by atoms with Crippen LogP contribution in [0.1, 0.15) is 22.3 Å². The predicted molar refractivity (Wildman–Crippen MR) is 122 cm³/mol. The number of hydrogen-bond acceptors (Lipinski definition) is 3. The minimum atomic E-state index is -0.550. The first-order valence-corrected chi connectivity index (χ1v) is 10.0. The molecule has 4 aromatic rings. The number of rotatable bonds is 7. The average molecular weight is 410 g/mol. The first-order chi connectivity index (χ1) is 15.1. The minimum absolute atomic E-state index is 0.0547. The molecular formula is C26H22N2O3. The highest BCUT2D eigenvalue weighted by atomic mass is 16.5. The number of anilines is 1. The monoisotopic (exact) mass is 410 g/mol. The highest BCUT2D eigenvalue weighted by Gasteiger charge is 2.10. The second kappa shape index (κ2) is 9.13. The summed E-state index contributed by atoms with van der Waals surface area (Å²) >= 11 is 0. The van der Waals surface area contributed by atoms with E-state index in [1.165, 1.54) is 10.8 Å². The van der Waals surface area contributed by atoms with Gasteiger partial charge in [-0.2, -0.15) is 0 Å². The number of carbonyl (C=O) groups excluding carboxylic acids is 2. The predicted octanol–water partition coefficient (Wildman–Crippen LogP) is 5.30. The van der Waals surface area contributed by atoms with Gasteiger partial charge in [-0.1, -0.05) is 54.6 Å². The second-order valence-corrected chi connectivity index (χ2v) is 7.22. The van der Waals surface area contributed by atoms with Gasteiger partial charge in [0.2, 0.25) is 5.91 Å². The molecular weight excluding hydrogens is 388 g/mol. The summed E-state index contributed by atoms with van der Waals surface area (Å²) in [4.78, 5) is 23.9. The van der Waals surface area contributed by atoms with Gasteiger partial charge < -0.3 is 15.8 Å². The Kier molecular flexibility index (Phi) is 5.94. The van der Waals surface area contributed by atoms with Crippen LogP contribution < -0.4 is 15.8 Å². The molecule has 0 unspecified atom stereocenters. The molecule has 4 rings (SSSR count). The third-order valence-electron chi connectivity index (χ3n) is 4.97. The standard InChI is InChI=1S/C26H22N2O3/c27-26(30)23-7-3-4-8-24(23)31-22-14-12-21(13-15-22)28-25(29)16-10-18-9-11-19-5-1-2-6-20(19)17-18/h1-9,11-15,17H,10,16H2,(H2,27,30)(H,28,29). The van der Waals surface area contributed by atoms with Gasteiger partial charge in [0.25, 0.3) is 5.91 Å². The van der Waals surface area contributed by atoms with Crippen molar-refractivity contribution in [2.45, 2.75) is 12.8 Å². The highest BCUT2D eigenvalue weighted by molar-refractivity contribution is 5.95. The van der Waals surface area contributed by atoms with E-state index in [1.54, 1.807) is 48.5 Å². The highest BCUT2D eigenvalue weighted by Crippen LogP contribution is 2.26. The molecule has 0 saturated heterocycles. The zero-order chi connectivity index (χ0) is 21.6. The van der Waals surface area contributed by atoms with Crippen molar-refractivity contribution in [2.75, 3.05) is 5.32 Å². The molecule has 0 fully saturated rings. The molecule has 0 aliphatic rings. The van der Waals surface area contributed by atoms with Crippen molar-refractivity contribution in [1.82, 2.24) is 0 Å². The zero-order valence-electron chi connectivity index (χ0n) is 16.9. The number of aryl methyl sites for hydroxylation is 1. The lowest BCUT2D eigenvalue weighted by molar-refractivity contribution is -0.116. The lowest BCUT2D eigenvalue weighted by Crippen LogP contribution is -2.12. The van der Waals surface area contributed by atoms with Crippen molar-refractivity contribution >= 4 is 28.3 Å². The molecule has 5 heteroatoms. The molecule has 2 amide bonds. The molecule has 5 nitrogen and oxygen atoms in total. The van der Waals surface area contributed by atoms with E-state index in [2.05, 4.69) is 35.6 Å². The molecule has 0 heterocycles. The minimum Gasteiger partial charge on any atom is -0.457 e. The summed E-state index contributed by atoms with van der Waals surface area (Å²) in [7, 11) is 0. The number of benzene rings is 4. The summed E-state index contributed by atoms with van der Waals surface area (Å²) in [5.74, 6) is 0.330. The molecule has 0 bridgehead atoms. The van der Waals surface area contributed by atoms with E-state index < -0.39 is 5.91 Å². The lowest BCUT2D eigenvalue weighted by Gasteiger charge is -2.10. The lowest BCUT2D eigenvalue weighted by atomic mass is 10.0. The maximum atomic E-state index is 12.4. The quantitative estimate of drug-likeness (QED) is 0.434. The Morgan fingerprint density at radius 1 is 0.806 bits per heavy atom. The number of para-hydroxylation sites is 1. The zero-order valence-corrected chi connectivity index (χ0v) is 16.9. The molecule has 0 radical (unpaired) electrons. The number of amides is 2. The summed E-state index contributed by atoms with van der Waals surface area (Å²) in [5.41, 5.74) is 7.50. The molecule has 154 valence electrons. The third kappa shape index (κ3) is 5.08. The molecule has 0 saturated carbocycles. The number of fused-ring (bicyclic) bond motifs is 1. The van der Waals surface area contributed by atoms with E-state index in [4.69, 9.17) is 10.5 Å². The van der Waals surface area contributed by atoms with Gasteiger partial charge in [-0.25, -0.2) is 0 Å². The number of primary amides is 1. The summed E-state index contributed by atoms with van der Waals surface area (Å²) in [6.07, 6.45) is 1.06. The normalized spacial score (nSPS) is 10.6. The van der Waals surface area contributed by atoms with Crippen LogP contribution in [-0.2, 0) is 11.2 Å². The van der Waals surface area contributed by atoms with Gasteiger partial charge in [0.15, 0.2) is 0 Å². The van der Waals surface area contributed by atoms with Gasteiger partial charge in [-0.3, -0.25) is 9.59 Å². The van der Waals surface area contributed by atoms with Crippen LogP contribution in [0.3, 0.4) is 0 Å². The number of carbonyl (C=O) groups is 2. The Bertz CT molecular complexity index is 1230. The van der Waals surface area contributed by atoms with Crippen LogP contribution in [0, 0.1) is 0 Å². The molecule has 0 aromatic heterocycles. The maximum absolute atomic E-state index is 12.4. The van der Waals surface area contributed by atoms with Crippen molar-refractivity contribution < 1.29 is 14.3 Å². The van der Waals surface area contributed by atoms with E-state index in [0.29, 0.717) is 35.6 Å². The van der Waals surface area contributed by atoms with E-state index in [-0.39, 0.29) is 5.91 Å². The summed E-state index contributed by atoms with van der Waals surface area (Å²) < 4.78 is 5.76. The van der Waals surface area contributed by atoms with Crippen molar-refractivity contribution in [3.05, 3.63) is 102 Å². The van der Waals surface area contributed by atoms with Gasteiger partial charge in [-0.15, -0.1) is 0 Å². The van der Waals surface area contributed by atoms with Crippen LogP contribution in [0.2, 0.25) is 0 Å². The van der Waals surface area contributed by atoms with Crippen molar-refractivity contribution in [2.24, 2.45) is 5.73 Å². The van der Waals surface area contributed by atoms with E-state index in [1.807, 2.05) is 12.1 Å². The van der Waals surface area contributed by atoms with Crippen LogP contribution in [0.25, 0.3) is 10.8 Å². The Morgan fingerprint density at radius 2 is 1.52 bits per heavy atom. The van der Waals surface area contributed by atoms with Crippen LogP contribution >= 0.6 is 0 Å². The maximum Gasteiger partial charge on any atom is 0.252 e. The Labute approximate surface area is 180 Å². The molecule has 4 aromatic carbocycles. The molecule has 3 N–H and O–H groups in total. The number of nitrogens with two attached hydrogens (primary N) is 1. The first-order valence-electron chi connectivity index (χ1n) is 10.0. The number of ether oxygens (including phenoxy) is 1. The van der Waals surface area contributed by atoms with Crippen molar-refractivity contribution in [3.8, 4) is 11.5 Å². The fourth-order valence-electron chi connectivity index (χ4n) is 3.37. The third-order valence-corrected chi connectivity index (χ3v) is 4.97. The van der Waals surface area contributed by atoms with Gasteiger partial charge in [0, 0.05) is 12.1 Å². The molecule has 0 aliphatic heterocycles. The van der Waals surface area contributed by atoms with Gasteiger partial charge in [0.05, 0.1) is 5.56 Å². The molecule has 0 aliphatic carbocycles. The Balaban J connectivity index is 1.34. The van der Waals surface area contributed by atoms with Crippen LogP contribution in [-0.4, -0.2) is 11.8 Å². The molecule has 31 heavy (non-hydrogen) atoms. The summed E-state index contributed by atoms with van der Waals surface area (Å²) in [6.45, 7) is 0. The fraction of sp³-hybridized carbons (Fsp3) is 0.0769. The average Bonchev–Trinajstić information content (AvgIpc) is 2.79. The SMILES string of the molecule is NC(=O)c1ccccc1Oc1ccc(NC(=O)CCc2ccc3ccccc3c2)cc1. The van der Waals surface area contributed by atoms with E-state index in [9.17, 15) is 9.59 Å². The number of nitrogens with one attached hydrogen (secondary N) is 1. The topological polar surface area (TPSA) is 81.4 Å². The van der Waals surface area contributed by atoms with E-state index >= 15 is 0 Å². The Morgan fingerprint density at radius 3 is 2.29 bits per heavy atom. The van der Waals surface area contributed by atoms with Gasteiger partial charge in [-0.05, 0) is 59.2 Å². The van der Waals surface area contributed by atoms with Gasteiger partial charge >= 0.3 is 0 Å². The van der Waals surface area contributed by atoms with Gasteiger partial charge in [0.1, 0.15) is 11.5 Å². The van der Waals surface area contributed by atoms with Crippen molar-refractivity contribution in [3.63, 3.8) is 0 Å². The summed E-state index contributed by atoms with van der Waals surface area (Å²) in [6, 6.07) is 28.2. The molecule has 0 atom stereocenters. The van der Waals surface area contributed by atoms with Crippen molar-refractivity contribution in [1.29, 1.82) is 0 Å². The Hall–Kier alpha value is -4.12. The second-order valence-electron chi connectivity index (χ2n) is 7.22. The largest absolute Gasteiger partial charge is 0.457 e. The number of hydrogen-bond donors (Lipinski definition) is 2. The van der Waals surface area contributed by atoms with Crippen LogP contribution in [0.5, 0.6) is 11.5 Å².